The summed E-state index contributed by atoms with van der Waals surface area (Å²) in [5, 5.41) is 3.18. The van der Waals surface area contributed by atoms with Crippen LogP contribution in [-0.4, -0.2) is 46.0 Å². The molecule has 0 aliphatic heterocycles. The largest absolute Gasteiger partial charge is 0.465 e. The number of hydrogen-bond donors (Lipinski definition) is 2. The predicted molar refractivity (Wildman–Crippen MR) is 128 cm³/mol. The van der Waals surface area contributed by atoms with E-state index in [-0.39, 0.29) is 9.92 Å². The fourth-order valence-electron chi connectivity index (χ4n) is 3.53. The summed E-state index contributed by atoms with van der Waals surface area (Å²) >= 11 is 7.17. The lowest BCUT2D eigenvalue weighted by Crippen LogP contribution is -2.45. The van der Waals surface area contributed by atoms with Gasteiger partial charge in [0.1, 0.15) is 11.0 Å². The summed E-state index contributed by atoms with van der Waals surface area (Å²) in [6, 6.07) is 4.39. The summed E-state index contributed by atoms with van der Waals surface area (Å²) in [4.78, 5) is 38.2. The van der Waals surface area contributed by atoms with E-state index >= 15 is 0 Å². The minimum atomic E-state index is -4.06. The van der Waals surface area contributed by atoms with E-state index in [2.05, 4.69) is 10.0 Å². The second-order valence-electron chi connectivity index (χ2n) is 8.01. The average Bonchev–Trinajstić information content (AvgIpc) is 3.36. The van der Waals surface area contributed by atoms with E-state index in [9.17, 15) is 22.8 Å². The number of thiophene rings is 1. The molecule has 1 heterocycles. The molecule has 0 radical (unpaired) electrons. The molecule has 34 heavy (non-hydrogen) atoms. The van der Waals surface area contributed by atoms with Crippen LogP contribution in [0.25, 0.3) is 0 Å². The number of ether oxygens (including phenoxy) is 2. The smallest absolute Gasteiger partial charge is 0.341 e. The zero-order chi connectivity index (χ0) is 25.0. The van der Waals surface area contributed by atoms with Gasteiger partial charge in [0.05, 0.1) is 17.6 Å². The van der Waals surface area contributed by atoms with E-state index in [4.69, 9.17) is 21.1 Å². The second kappa shape index (κ2) is 10.9. The Kier molecular flexibility index (Phi) is 8.34. The highest BCUT2D eigenvalue weighted by Crippen LogP contribution is 2.39. The van der Waals surface area contributed by atoms with Crippen molar-refractivity contribution in [2.24, 2.45) is 5.92 Å². The van der Waals surface area contributed by atoms with E-state index in [0.29, 0.717) is 10.6 Å². The van der Waals surface area contributed by atoms with Gasteiger partial charge in [-0.1, -0.05) is 31.5 Å². The Morgan fingerprint density at radius 3 is 2.59 bits per heavy atom. The molecule has 1 aromatic carbocycles. The first kappa shape index (κ1) is 26.1. The van der Waals surface area contributed by atoms with Crippen LogP contribution in [-0.2, 0) is 41.9 Å². The Bertz CT molecular complexity index is 1210. The van der Waals surface area contributed by atoms with Crippen LogP contribution >= 0.6 is 22.9 Å². The predicted octanol–water partition coefficient (Wildman–Crippen LogP) is 3.16. The highest BCUT2D eigenvalue weighted by atomic mass is 35.5. The van der Waals surface area contributed by atoms with Crippen molar-refractivity contribution in [2.75, 3.05) is 19.0 Å². The molecule has 0 saturated heterocycles. The molecule has 1 aliphatic rings. The number of amides is 1. The van der Waals surface area contributed by atoms with Crippen molar-refractivity contribution in [2.45, 2.75) is 44.0 Å². The first-order valence-electron chi connectivity index (χ1n) is 10.5. The monoisotopic (exact) mass is 528 g/mol. The zero-order valence-electron chi connectivity index (χ0n) is 18.8. The molecule has 1 aromatic heterocycles. The molecule has 0 spiro atoms. The van der Waals surface area contributed by atoms with Crippen molar-refractivity contribution in [3.63, 3.8) is 0 Å². The standard InChI is InChI=1S/C22H25ClN2O7S2/c1-12(2)19(25-34(29,30)14-7-4-6-13(23)10-14)22(28)32-11-17(26)24-20-18(21(27)31-3)15-8-5-9-16(15)33-20/h4,6-7,10,12,19,25H,5,8-9,11H2,1-3H3,(H,24,26)/t19-/m1/s1. The number of fused-ring (bicyclic) bond motifs is 1. The van der Waals surface area contributed by atoms with Crippen molar-refractivity contribution in [3.05, 3.63) is 45.3 Å². The van der Waals surface area contributed by atoms with E-state index in [0.717, 1.165) is 29.7 Å². The molecule has 9 nitrogen and oxygen atoms in total. The number of aryl methyl sites for hydroxylation is 1. The van der Waals surface area contributed by atoms with Crippen molar-refractivity contribution < 1.29 is 32.3 Å². The number of benzene rings is 1. The van der Waals surface area contributed by atoms with Gasteiger partial charge in [0.2, 0.25) is 10.0 Å². The molecule has 1 atom stereocenters. The van der Waals surface area contributed by atoms with Crippen molar-refractivity contribution in [1.82, 2.24) is 4.72 Å². The maximum absolute atomic E-state index is 12.7. The van der Waals surface area contributed by atoms with Crippen LogP contribution in [0, 0.1) is 5.92 Å². The average molecular weight is 529 g/mol. The van der Waals surface area contributed by atoms with Crippen LogP contribution in [0.4, 0.5) is 5.00 Å². The molecular weight excluding hydrogens is 504 g/mol. The molecule has 1 aliphatic carbocycles. The number of hydrogen-bond acceptors (Lipinski definition) is 8. The third-order valence-electron chi connectivity index (χ3n) is 5.22. The third kappa shape index (κ3) is 5.96. The second-order valence-corrected chi connectivity index (χ2v) is 11.3. The van der Waals surface area contributed by atoms with Gasteiger partial charge >= 0.3 is 11.9 Å². The molecular formula is C22H25ClN2O7S2. The van der Waals surface area contributed by atoms with Gasteiger partial charge in [0, 0.05) is 9.90 Å². The molecule has 2 N–H and O–H groups in total. The fourth-order valence-corrected chi connectivity index (χ4v) is 6.45. The normalized spacial score (nSPS) is 13.9. The fraction of sp³-hybridized carbons (Fsp3) is 0.409. The molecule has 2 aromatic rings. The number of anilines is 1. The lowest BCUT2D eigenvalue weighted by molar-refractivity contribution is -0.150. The van der Waals surface area contributed by atoms with Crippen LogP contribution in [0.1, 0.15) is 41.1 Å². The summed E-state index contributed by atoms with van der Waals surface area (Å²) in [6.45, 7) is 2.63. The van der Waals surface area contributed by atoms with Crippen LogP contribution < -0.4 is 10.0 Å². The van der Waals surface area contributed by atoms with Crippen LogP contribution in [0.15, 0.2) is 29.2 Å². The number of carbonyl (C=O) groups is 3. The topological polar surface area (TPSA) is 128 Å². The van der Waals surface area contributed by atoms with Gasteiger partial charge in [-0.3, -0.25) is 9.59 Å². The first-order chi connectivity index (χ1) is 16.0. The minimum Gasteiger partial charge on any atom is -0.465 e. The van der Waals surface area contributed by atoms with E-state index in [1.807, 2.05) is 0 Å². The molecule has 3 rings (SSSR count). The van der Waals surface area contributed by atoms with Crippen molar-refractivity contribution >= 4 is 55.8 Å². The summed E-state index contributed by atoms with van der Waals surface area (Å²) in [7, 11) is -2.79. The Hall–Kier alpha value is -2.47. The number of methoxy groups -OCH3 is 1. The van der Waals surface area contributed by atoms with Gasteiger partial charge in [0.15, 0.2) is 6.61 Å². The van der Waals surface area contributed by atoms with Gasteiger partial charge in [-0.05, 0) is 48.9 Å². The Morgan fingerprint density at radius 1 is 1.21 bits per heavy atom. The molecule has 12 heteroatoms. The number of nitrogens with one attached hydrogen (secondary N) is 2. The minimum absolute atomic E-state index is 0.0997. The maximum atomic E-state index is 12.7. The van der Waals surface area contributed by atoms with Crippen molar-refractivity contribution in [1.29, 1.82) is 0 Å². The maximum Gasteiger partial charge on any atom is 0.341 e. The van der Waals surface area contributed by atoms with E-state index in [1.165, 1.54) is 42.7 Å². The Balaban J connectivity index is 1.66. The summed E-state index contributed by atoms with van der Waals surface area (Å²) in [5.41, 5.74) is 1.20. The number of carbonyl (C=O) groups excluding carboxylic acids is 3. The lowest BCUT2D eigenvalue weighted by Gasteiger charge is -2.20. The van der Waals surface area contributed by atoms with Crippen LogP contribution in [0.3, 0.4) is 0 Å². The zero-order valence-corrected chi connectivity index (χ0v) is 21.2. The number of sulfonamides is 1. The summed E-state index contributed by atoms with van der Waals surface area (Å²) < 4.78 is 37.6. The van der Waals surface area contributed by atoms with E-state index < -0.39 is 46.4 Å². The molecule has 0 unspecified atom stereocenters. The highest BCUT2D eigenvalue weighted by molar-refractivity contribution is 7.89. The van der Waals surface area contributed by atoms with Gasteiger partial charge < -0.3 is 14.8 Å². The van der Waals surface area contributed by atoms with Gasteiger partial charge in [-0.2, -0.15) is 4.72 Å². The number of esters is 2. The van der Waals surface area contributed by atoms with Crippen molar-refractivity contribution in [3.8, 4) is 0 Å². The lowest BCUT2D eigenvalue weighted by atomic mass is 10.1. The summed E-state index contributed by atoms with van der Waals surface area (Å²) in [5.74, 6) is -2.56. The Morgan fingerprint density at radius 2 is 1.94 bits per heavy atom. The van der Waals surface area contributed by atoms with Gasteiger partial charge in [0.25, 0.3) is 5.91 Å². The van der Waals surface area contributed by atoms with E-state index in [1.54, 1.807) is 13.8 Å². The van der Waals surface area contributed by atoms with Gasteiger partial charge in [-0.25, -0.2) is 13.2 Å². The first-order valence-corrected chi connectivity index (χ1v) is 13.2. The summed E-state index contributed by atoms with van der Waals surface area (Å²) in [6.07, 6.45) is 2.47. The quantitative estimate of drug-likeness (QED) is 0.478. The third-order valence-corrected chi connectivity index (χ3v) is 8.10. The number of rotatable bonds is 9. The van der Waals surface area contributed by atoms with Crippen LogP contribution in [0.5, 0.6) is 0 Å². The number of halogens is 1. The molecule has 1 amide bonds. The molecule has 184 valence electrons. The highest BCUT2D eigenvalue weighted by Gasteiger charge is 2.31. The molecule has 0 bridgehead atoms. The van der Waals surface area contributed by atoms with Crippen LogP contribution in [0.2, 0.25) is 5.02 Å². The SMILES string of the molecule is COC(=O)c1c(NC(=O)COC(=O)[C@H](NS(=O)(=O)c2cccc(Cl)c2)C(C)C)sc2c1CCC2. The Labute approximate surface area is 206 Å². The molecule has 0 saturated carbocycles. The molecule has 0 fully saturated rings. The van der Waals surface area contributed by atoms with Gasteiger partial charge in [-0.15, -0.1) is 11.3 Å².